The summed E-state index contributed by atoms with van der Waals surface area (Å²) < 4.78 is 16.5. The van der Waals surface area contributed by atoms with Gasteiger partial charge in [-0.25, -0.2) is 4.79 Å². The highest BCUT2D eigenvalue weighted by Crippen LogP contribution is 2.66. The number of carbonyl (C=O) groups excluding carboxylic acids is 3. The third-order valence-corrected chi connectivity index (χ3v) is 8.59. The Morgan fingerprint density at radius 1 is 1.15 bits per heavy atom. The maximum absolute atomic E-state index is 13.7. The van der Waals surface area contributed by atoms with Gasteiger partial charge in [0.05, 0.1) is 17.5 Å². The van der Waals surface area contributed by atoms with Gasteiger partial charge in [-0.05, 0) is 50.9 Å². The number of esters is 1. The Hall–Kier alpha value is -2.62. The van der Waals surface area contributed by atoms with Crippen LogP contribution in [0.25, 0.3) is 0 Å². The highest BCUT2D eigenvalue weighted by Gasteiger charge is 2.76. The van der Waals surface area contributed by atoms with Gasteiger partial charge in [-0.15, -0.1) is 0 Å². The van der Waals surface area contributed by atoms with E-state index in [0.717, 1.165) is 19.6 Å². The molecule has 1 aromatic rings. The zero-order valence-electron chi connectivity index (χ0n) is 19.6. The lowest BCUT2D eigenvalue weighted by Crippen LogP contribution is -2.55. The van der Waals surface area contributed by atoms with Gasteiger partial charge < -0.3 is 29.1 Å². The minimum absolute atomic E-state index is 0.0811. The Balaban J connectivity index is 1.25. The summed E-state index contributed by atoms with van der Waals surface area (Å²) in [6, 6.07) is 0. The Kier molecular flexibility index (Phi) is 5.19. The number of carbonyl (C=O) groups is 3. The summed E-state index contributed by atoms with van der Waals surface area (Å²) >= 11 is 0. The molecule has 3 aliphatic heterocycles. The van der Waals surface area contributed by atoms with E-state index in [1.54, 1.807) is 4.90 Å². The quantitative estimate of drug-likeness (QED) is 0.663. The average molecular weight is 461 g/mol. The van der Waals surface area contributed by atoms with Crippen molar-refractivity contribution in [1.82, 2.24) is 20.3 Å². The van der Waals surface area contributed by atoms with E-state index in [9.17, 15) is 14.4 Å². The number of fused-ring (bicyclic) bond motifs is 3. The van der Waals surface area contributed by atoms with E-state index in [0.29, 0.717) is 43.7 Å². The molecule has 1 N–H and O–H groups in total. The second kappa shape index (κ2) is 7.72. The van der Waals surface area contributed by atoms with Crippen molar-refractivity contribution in [3.63, 3.8) is 0 Å². The molecule has 2 unspecified atom stereocenters. The molecule has 2 amide bonds. The van der Waals surface area contributed by atoms with Gasteiger partial charge in [0.25, 0.3) is 11.8 Å². The molecule has 0 spiro atoms. The van der Waals surface area contributed by atoms with Crippen LogP contribution in [0.5, 0.6) is 5.88 Å². The molecule has 4 aliphatic rings. The van der Waals surface area contributed by atoms with Gasteiger partial charge in [0.15, 0.2) is 5.60 Å². The topological polar surface area (TPSA) is 114 Å². The minimum Gasteiger partial charge on any atom is -0.448 e. The van der Waals surface area contributed by atoms with Crippen molar-refractivity contribution in [2.45, 2.75) is 65.0 Å². The van der Waals surface area contributed by atoms with Crippen LogP contribution < -0.4 is 10.1 Å². The fraction of sp³-hybridized carbons (Fsp3) is 0.739. The molecule has 0 radical (unpaired) electrons. The lowest BCUT2D eigenvalue weighted by atomic mass is 9.66. The molecule has 1 aromatic heterocycles. The number of rotatable bonds is 5. The number of amides is 2. The van der Waals surface area contributed by atoms with Crippen LogP contribution in [0.15, 0.2) is 4.52 Å². The standard InChI is InChI=1S/C23H32N4O6/c1-21(2)22(3)7-8-23(21,32-19(22)29)18(28)27-12-6-16-15(14-27)17(25-33-16)31-20(30)24-9-13-26-10-4-5-11-26/h4-14H2,1-3H3,(H,24,30). The van der Waals surface area contributed by atoms with E-state index >= 15 is 0 Å². The van der Waals surface area contributed by atoms with Crippen molar-refractivity contribution in [2.75, 3.05) is 32.7 Å². The molecule has 0 aromatic carbocycles. The van der Waals surface area contributed by atoms with E-state index < -0.39 is 22.5 Å². The van der Waals surface area contributed by atoms with Gasteiger partial charge in [-0.3, -0.25) is 9.59 Å². The largest absolute Gasteiger partial charge is 0.448 e. The maximum Gasteiger partial charge on any atom is 0.414 e. The summed E-state index contributed by atoms with van der Waals surface area (Å²) in [4.78, 5) is 42.5. The molecule has 2 atom stereocenters. The summed E-state index contributed by atoms with van der Waals surface area (Å²) in [6.45, 7) is 9.79. The van der Waals surface area contributed by atoms with Crippen molar-refractivity contribution in [3.05, 3.63) is 11.3 Å². The second-order valence-electron chi connectivity index (χ2n) is 10.4. The smallest absolute Gasteiger partial charge is 0.414 e. The molecule has 2 saturated heterocycles. The Morgan fingerprint density at radius 3 is 2.58 bits per heavy atom. The van der Waals surface area contributed by atoms with Crippen LogP contribution in [0.4, 0.5) is 4.79 Å². The summed E-state index contributed by atoms with van der Waals surface area (Å²) in [5.74, 6) is 0.187. The first kappa shape index (κ1) is 22.2. The first-order valence-electron chi connectivity index (χ1n) is 11.9. The van der Waals surface area contributed by atoms with E-state index in [-0.39, 0.29) is 24.3 Å². The van der Waals surface area contributed by atoms with Crippen LogP contribution in [-0.2, 0) is 27.3 Å². The third-order valence-electron chi connectivity index (χ3n) is 8.59. The molecule has 5 rings (SSSR count). The van der Waals surface area contributed by atoms with E-state index in [1.165, 1.54) is 12.8 Å². The van der Waals surface area contributed by atoms with Crippen LogP contribution in [0.2, 0.25) is 0 Å². The number of ether oxygens (including phenoxy) is 2. The van der Waals surface area contributed by atoms with Crippen molar-refractivity contribution in [3.8, 4) is 5.88 Å². The third kappa shape index (κ3) is 3.25. The molecule has 1 saturated carbocycles. The maximum atomic E-state index is 13.7. The molecule has 180 valence electrons. The van der Waals surface area contributed by atoms with Gasteiger partial charge >= 0.3 is 12.1 Å². The van der Waals surface area contributed by atoms with Gasteiger partial charge in [-0.2, -0.15) is 0 Å². The number of hydrogen-bond donors (Lipinski definition) is 1. The number of likely N-dealkylation sites (tertiary alicyclic amines) is 1. The van der Waals surface area contributed by atoms with Gasteiger partial charge in [0.2, 0.25) is 0 Å². The summed E-state index contributed by atoms with van der Waals surface area (Å²) in [5, 5.41) is 6.67. The normalized spacial score (nSPS) is 30.3. The van der Waals surface area contributed by atoms with Gasteiger partial charge in [-0.1, -0.05) is 13.8 Å². The van der Waals surface area contributed by atoms with E-state index in [2.05, 4.69) is 15.4 Å². The average Bonchev–Trinajstić information content (AvgIpc) is 3.51. The van der Waals surface area contributed by atoms with Gasteiger partial charge in [0.1, 0.15) is 5.76 Å². The second-order valence-corrected chi connectivity index (χ2v) is 10.4. The molecular formula is C23H32N4O6. The zero-order chi connectivity index (χ0) is 23.4. The molecule has 3 fully saturated rings. The minimum atomic E-state index is -1.17. The summed E-state index contributed by atoms with van der Waals surface area (Å²) in [5.41, 5.74) is -1.86. The number of nitrogens with one attached hydrogen (secondary N) is 1. The first-order chi connectivity index (χ1) is 15.7. The van der Waals surface area contributed by atoms with Crippen LogP contribution in [0, 0.1) is 10.8 Å². The predicted octanol–water partition coefficient (Wildman–Crippen LogP) is 1.87. The van der Waals surface area contributed by atoms with Crippen LogP contribution in [-0.4, -0.2) is 71.3 Å². The highest BCUT2D eigenvalue weighted by atomic mass is 16.6. The number of aromatic nitrogens is 1. The molecule has 10 heteroatoms. The van der Waals surface area contributed by atoms with Crippen molar-refractivity contribution in [1.29, 1.82) is 0 Å². The van der Waals surface area contributed by atoms with Crippen molar-refractivity contribution < 1.29 is 28.4 Å². The number of nitrogens with zero attached hydrogens (tertiary/aromatic N) is 3. The monoisotopic (exact) mass is 460 g/mol. The molecule has 2 bridgehead atoms. The Labute approximate surface area is 192 Å². The van der Waals surface area contributed by atoms with Crippen LogP contribution >= 0.6 is 0 Å². The predicted molar refractivity (Wildman–Crippen MR) is 115 cm³/mol. The van der Waals surface area contributed by atoms with Crippen LogP contribution in [0.3, 0.4) is 0 Å². The van der Waals surface area contributed by atoms with Crippen molar-refractivity contribution in [2.24, 2.45) is 10.8 Å². The SMILES string of the molecule is CC12CCC(C(=O)N3CCc4onc(OC(=O)NCCN5CCCC5)c4C3)(OC1=O)C2(C)C. The van der Waals surface area contributed by atoms with E-state index in [4.69, 9.17) is 14.0 Å². The van der Waals surface area contributed by atoms with Gasteiger partial charge in [0, 0.05) is 31.5 Å². The fourth-order valence-electron chi connectivity index (χ4n) is 5.86. The molecule has 33 heavy (non-hydrogen) atoms. The lowest BCUT2D eigenvalue weighted by molar-refractivity contribution is -0.174. The van der Waals surface area contributed by atoms with Crippen LogP contribution in [0.1, 0.15) is 57.8 Å². The Bertz CT molecular complexity index is 984. The molecule has 1 aliphatic carbocycles. The molecule has 4 heterocycles. The van der Waals surface area contributed by atoms with Crippen molar-refractivity contribution >= 4 is 18.0 Å². The number of hydrogen-bond acceptors (Lipinski definition) is 8. The van der Waals surface area contributed by atoms with E-state index in [1.807, 2.05) is 20.8 Å². The molecular weight excluding hydrogens is 428 g/mol. The summed E-state index contributed by atoms with van der Waals surface area (Å²) in [6.07, 6.45) is 3.39. The zero-order valence-corrected chi connectivity index (χ0v) is 19.6. The first-order valence-corrected chi connectivity index (χ1v) is 11.9. The highest BCUT2D eigenvalue weighted by molar-refractivity contribution is 5.96. The Morgan fingerprint density at radius 2 is 1.91 bits per heavy atom. The molecule has 10 nitrogen and oxygen atoms in total. The fourth-order valence-corrected chi connectivity index (χ4v) is 5.86. The lowest BCUT2D eigenvalue weighted by Gasteiger charge is -2.39. The summed E-state index contributed by atoms with van der Waals surface area (Å²) in [7, 11) is 0.